The third-order valence-electron chi connectivity index (χ3n) is 2.24. The second-order valence-corrected chi connectivity index (χ2v) is 4.30. The number of rotatable bonds is 6. The van der Waals surface area contributed by atoms with Gasteiger partial charge in [0.1, 0.15) is 0 Å². The Bertz CT molecular complexity index is 283. The molecule has 1 atom stereocenters. The largest absolute Gasteiger partial charge is 0.426 e. The molecule has 1 aromatic rings. The summed E-state index contributed by atoms with van der Waals surface area (Å²) < 4.78 is 5.38. The molecule has 0 unspecified atom stereocenters. The fourth-order valence-electron chi connectivity index (χ4n) is 1.73. The Balaban J connectivity index is 2.50. The van der Waals surface area contributed by atoms with E-state index in [1.165, 1.54) is 0 Å². The molecule has 1 aromatic heterocycles. The van der Waals surface area contributed by atoms with E-state index in [0.717, 1.165) is 25.3 Å². The molecular formula is C11H21N3O. The Morgan fingerprint density at radius 1 is 1.33 bits per heavy atom. The molecule has 86 valence electrons. The minimum Gasteiger partial charge on any atom is -0.426 e. The van der Waals surface area contributed by atoms with Gasteiger partial charge in [-0.05, 0) is 18.9 Å². The second kappa shape index (κ2) is 5.85. The Kier molecular flexibility index (Phi) is 4.75. The van der Waals surface area contributed by atoms with Crippen molar-refractivity contribution in [1.29, 1.82) is 0 Å². The van der Waals surface area contributed by atoms with E-state index in [-0.39, 0.29) is 0 Å². The van der Waals surface area contributed by atoms with E-state index < -0.39 is 0 Å². The van der Waals surface area contributed by atoms with Crippen LogP contribution in [0, 0.1) is 12.8 Å². The van der Waals surface area contributed by atoms with Gasteiger partial charge in [-0.15, -0.1) is 10.2 Å². The Hall–Kier alpha value is -0.900. The number of aromatic nitrogens is 2. The molecule has 1 heterocycles. The van der Waals surface area contributed by atoms with Gasteiger partial charge < -0.3 is 9.73 Å². The highest BCUT2D eigenvalue weighted by Gasteiger charge is 2.13. The van der Waals surface area contributed by atoms with Crippen LogP contribution in [0.15, 0.2) is 4.42 Å². The van der Waals surface area contributed by atoms with Crippen molar-refractivity contribution in [3.63, 3.8) is 0 Å². The lowest BCUT2D eigenvalue weighted by Crippen LogP contribution is -2.32. The van der Waals surface area contributed by atoms with Crippen LogP contribution in [0.4, 0.5) is 0 Å². The smallest absolute Gasteiger partial charge is 0.218 e. The number of hydrogen-bond acceptors (Lipinski definition) is 4. The first-order valence-electron chi connectivity index (χ1n) is 5.64. The average molecular weight is 211 g/mol. The van der Waals surface area contributed by atoms with E-state index in [1.54, 1.807) is 0 Å². The molecule has 0 aromatic carbocycles. The third kappa shape index (κ3) is 4.42. The van der Waals surface area contributed by atoms with Crippen molar-refractivity contribution in [2.75, 3.05) is 6.54 Å². The highest BCUT2D eigenvalue weighted by molar-refractivity contribution is 4.85. The predicted molar refractivity (Wildman–Crippen MR) is 59.7 cm³/mol. The summed E-state index contributed by atoms with van der Waals surface area (Å²) in [4.78, 5) is 0. The normalized spacial score (nSPS) is 13.4. The van der Waals surface area contributed by atoms with Gasteiger partial charge in [0.15, 0.2) is 0 Å². The first kappa shape index (κ1) is 12.2. The molecule has 0 aliphatic heterocycles. The molecule has 4 heteroatoms. The van der Waals surface area contributed by atoms with Gasteiger partial charge in [-0.2, -0.15) is 0 Å². The van der Waals surface area contributed by atoms with Crippen LogP contribution >= 0.6 is 0 Å². The van der Waals surface area contributed by atoms with E-state index in [0.29, 0.717) is 17.9 Å². The molecule has 4 nitrogen and oxygen atoms in total. The maximum absolute atomic E-state index is 5.38. The van der Waals surface area contributed by atoms with Crippen LogP contribution in [0.2, 0.25) is 0 Å². The Morgan fingerprint density at radius 2 is 2.07 bits per heavy atom. The van der Waals surface area contributed by atoms with E-state index in [1.807, 2.05) is 6.92 Å². The monoisotopic (exact) mass is 211 g/mol. The Morgan fingerprint density at radius 3 is 2.53 bits per heavy atom. The SMILES string of the molecule is CCN[C@H](Cc1nnc(C)o1)CC(C)C. The van der Waals surface area contributed by atoms with Crippen LogP contribution in [0.1, 0.15) is 39.0 Å². The van der Waals surface area contributed by atoms with E-state index in [4.69, 9.17) is 4.42 Å². The van der Waals surface area contributed by atoms with Crippen LogP contribution in [0.3, 0.4) is 0 Å². The maximum atomic E-state index is 5.38. The van der Waals surface area contributed by atoms with Crippen molar-refractivity contribution in [1.82, 2.24) is 15.5 Å². The molecule has 0 spiro atoms. The summed E-state index contributed by atoms with van der Waals surface area (Å²) in [5, 5.41) is 11.3. The standard InChI is InChI=1S/C11H21N3O/c1-5-12-10(6-8(2)3)7-11-14-13-9(4)15-11/h8,10,12H,5-7H2,1-4H3/t10-/m0/s1. The van der Waals surface area contributed by atoms with Gasteiger partial charge in [0.05, 0.1) is 0 Å². The summed E-state index contributed by atoms with van der Waals surface area (Å²) in [5.74, 6) is 2.06. The lowest BCUT2D eigenvalue weighted by molar-refractivity contribution is 0.379. The van der Waals surface area contributed by atoms with Gasteiger partial charge in [-0.25, -0.2) is 0 Å². The summed E-state index contributed by atoms with van der Waals surface area (Å²) in [6.07, 6.45) is 1.96. The quantitative estimate of drug-likeness (QED) is 0.781. The predicted octanol–water partition coefficient (Wildman–Crippen LogP) is 1.94. The highest BCUT2D eigenvalue weighted by Crippen LogP contribution is 2.10. The van der Waals surface area contributed by atoms with Crippen molar-refractivity contribution < 1.29 is 4.42 Å². The number of likely N-dealkylation sites (N-methyl/N-ethyl adjacent to an activating group) is 1. The van der Waals surface area contributed by atoms with E-state index in [9.17, 15) is 0 Å². The van der Waals surface area contributed by atoms with Gasteiger partial charge in [-0.3, -0.25) is 0 Å². The third-order valence-corrected chi connectivity index (χ3v) is 2.24. The lowest BCUT2D eigenvalue weighted by atomic mass is 10.0. The zero-order valence-corrected chi connectivity index (χ0v) is 10.1. The molecular weight excluding hydrogens is 190 g/mol. The summed E-state index contributed by atoms with van der Waals surface area (Å²) in [6.45, 7) is 9.37. The number of nitrogens with zero attached hydrogens (tertiary/aromatic N) is 2. The van der Waals surface area contributed by atoms with Crippen molar-refractivity contribution >= 4 is 0 Å². The fraction of sp³-hybridized carbons (Fsp3) is 0.818. The van der Waals surface area contributed by atoms with E-state index in [2.05, 4.69) is 36.3 Å². The maximum Gasteiger partial charge on any atom is 0.218 e. The van der Waals surface area contributed by atoms with E-state index >= 15 is 0 Å². The highest BCUT2D eigenvalue weighted by atomic mass is 16.4. The fourth-order valence-corrected chi connectivity index (χ4v) is 1.73. The van der Waals surface area contributed by atoms with Gasteiger partial charge in [0, 0.05) is 19.4 Å². The molecule has 0 saturated heterocycles. The summed E-state index contributed by atoms with van der Waals surface area (Å²) in [5.41, 5.74) is 0. The minimum atomic E-state index is 0.440. The molecule has 0 fully saturated rings. The molecule has 0 saturated carbocycles. The zero-order valence-electron chi connectivity index (χ0n) is 10.1. The summed E-state index contributed by atoms with van der Waals surface area (Å²) >= 11 is 0. The molecule has 1 N–H and O–H groups in total. The Labute approximate surface area is 91.5 Å². The van der Waals surface area contributed by atoms with Crippen LogP contribution in [0.5, 0.6) is 0 Å². The molecule has 0 amide bonds. The first-order chi connectivity index (χ1) is 7.11. The molecule has 15 heavy (non-hydrogen) atoms. The number of hydrogen-bond donors (Lipinski definition) is 1. The van der Waals surface area contributed by atoms with Gasteiger partial charge in [0.2, 0.25) is 11.8 Å². The van der Waals surface area contributed by atoms with Gasteiger partial charge in [0.25, 0.3) is 0 Å². The van der Waals surface area contributed by atoms with Crippen molar-refractivity contribution in [3.8, 4) is 0 Å². The topological polar surface area (TPSA) is 51.0 Å². The van der Waals surface area contributed by atoms with Crippen LogP contribution in [-0.2, 0) is 6.42 Å². The number of aryl methyl sites for hydroxylation is 1. The van der Waals surface area contributed by atoms with Crippen molar-refractivity contribution in [2.45, 2.75) is 46.6 Å². The summed E-state index contributed by atoms with van der Waals surface area (Å²) in [6, 6.07) is 0.440. The average Bonchev–Trinajstić information content (AvgIpc) is 2.50. The van der Waals surface area contributed by atoms with Gasteiger partial charge >= 0.3 is 0 Å². The molecule has 0 aliphatic rings. The van der Waals surface area contributed by atoms with Crippen LogP contribution in [0.25, 0.3) is 0 Å². The van der Waals surface area contributed by atoms with Crippen LogP contribution < -0.4 is 5.32 Å². The van der Waals surface area contributed by atoms with Crippen molar-refractivity contribution in [3.05, 3.63) is 11.8 Å². The number of nitrogens with one attached hydrogen (secondary N) is 1. The molecule has 0 aliphatic carbocycles. The van der Waals surface area contributed by atoms with Crippen molar-refractivity contribution in [2.24, 2.45) is 5.92 Å². The zero-order chi connectivity index (χ0) is 11.3. The molecule has 0 radical (unpaired) electrons. The summed E-state index contributed by atoms with van der Waals surface area (Å²) in [7, 11) is 0. The lowest BCUT2D eigenvalue weighted by Gasteiger charge is -2.17. The first-order valence-corrected chi connectivity index (χ1v) is 5.64. The van der Waals surface area contributed by atoms with Gasteiger partial charge in [-0.1, -0.05) is 20.8 Å². The second-order valence-electron chi connectivity index (χ2n) is 4.30. The molecule has 0 bridgehead atoms. The van der Waals surface area contributed by atoms with Crippen LogP contribution in [-0.4, -0.2) is 22.8 Å². The minimum absolute atomic E-state index is 0.440. The molecule has 1 rings (SSSR count).